The van der Waals surface area contributed by atoms with Crippen LogP contribution in [0.25, 0.3) is 0 Å². The normalized spacial score (nSPS) is 12.8. The van der Waals surface area contributed by atoms with Crippen LogP contribution in [0.3, 0.4) is 0 Å². The van der Waals surface area contributed by atoms with E-state index in [1.54, 1.807) is 45.2 Å². The van der Waals surface area contributed by atoms with Crippen LogP contribution in [-0.4, -0.2) is 30.3 Å². The summed E-state index contributed by atoms with van der Waals surface area (Å²) in [6, 6.07) is 16.5. The van der Waals surface area contributed by atoms with Crippen molar-refractivity contribution in [2.24, 2.45) is 0 Å². The molecule has 0 aliphatic heterocycles. The monoisotopic (exact) mass is 359 g/mol. The summed E-state index contributed by atoms with van der Waals surface area (Å²) in [5.74, 6) is -0.106. The van der Waals surface area contributed by atoms with E-state index >= 15 is 0 Å². The molecule has 2 aromatic rings. The van der Waals surface area contributed by atoms with Crippen LogP contribution in [0.2, 0.25) is 0 Å². The Balaban J connectivity index is 1.85. The number of hydrogen-bond acceptors (Lipinski definition) is 5. The third kappa shape index (κ3) is 5.83. The number of anilines is 1. The second-order valence-corrected chi connectivity index (χ2v) is 6.78. The van der Waals surface area contributed by atoms with E-state index in [-0.39, 0.29) is 5.91 Å². The molecule has 0 unspecified atom stereocenters. The van der Waals surface area contributed by atoms with Crippen LogP contribution in [-0.2, 0) is 14.3 Å². The molecule has 1 amide bonds. The topological polar surface area (TPSA) is 64.6 Å². The molecule has 2 atom stereocenters. The summed E-state index contributed by atoms with van der Waals surface area (Å²) in [6.07, 6.45) is -0.881. The highest BCUT2D eigenvalue weighted by atomic mass is 32.2. The highest BCUT2D eigenvalue weighted by molar-refractivity contribution is 8.00. The minimum atomic E-state index is -0.881. The van der Waals surface area contributed by atoms with Gasteiger partial charge in [-0.3, -0.25) is 9.59 Å². The highest BCUT2D eigenvalue weighted by Crippen LogP contribution is 2.24. The smallest absolute Gasteiger partial charge is 0.319 e. The average molecular weight is 359 g/mol. The van der Waals surface area contributed by atoms with Gasteiger partial charge < -0.3 is 14.8 Å². The zero-order valence-electron chi connectivity index (χ0n) is 14.4. The molecule has 0 radical (unpaired) electrons. The first-order valence-corrected chi connectivity index (χ1v) is 8.74. The van der Waals surface area contributed by atoms with Crippen LogP contribution in [0.1, 0.15) is 13.8 Å². The lowest BCUT2D eigenvalue weighted by molar-refractivity contribution is -0.152. The molecule has 0 aliphatic carbocycles. The molecular weight excluding hydrogens is 338 g/mol. The Morgan fingerprint density at radius 2 is 1.64 bits per heavy atom. The number of ether oxygens (including phenoxy) is 2. The van der Waals surface area contributed by atoms with Gasteiger partial charge in [-0.1, -0.05) is 18.2 Å². The summed E-state index contributed by atoms with van der Waals surface area (Å²) in [4.78, 5) is 25.3. The lowest BCUT2D eigenvalue weighted by atomic mass is 10.3. The molecule has 0 fully saturated rings. The number of carbonyl (C=O) groups excluding carboxylic acids is 2. The quantitative estimate of drug-likeness (QED) is 0.602. The zero-order chi connectivity index (χ0) is 18.2. The van der Waals surface area contributed by atoms with Crippen molar-refractivity contribution in [3.8, 4) is 5.75 Å². The number of benzene rings is 2. The fourth-order valence-corrected chi connectivity index (χ4v) is 2.87. The summed E-state index contributed by atoms with van der Waals surface area (Å²) in [6.45, 7) is 3.31. The van der Waals surface area contributed by atoms with E-state index in [2.05, 4.69) is 5.32 Å². The molecule has 0 spiro atoms. The van der Waals surface area contributed by atoms with Gasteiger partial charge in [0.05, 0.1) is 7.11 Å². The summed E-state index contributed by atoms with van der Waals surface area (Å²) < 4.78 is 10.3. The van der Waals surface area contributed by atoms with E-state index in [0.29, 0.717) is 11.4 Å². The molecule has 1 N–H and O–H groups in total. The minimum Gasteiger partial charge on any atom is -0.497 e. The van der Waals surface area contributed by atoms with Crippen molar-refractivity contribution >= 4 is 29.3 Å². The molecule has 0 aromatic heterocycles. The van der Waals surface area contributed by atoms with Crippen LogP contribution >= 0.6 is 11.8 Å². The first kappa shape index (κ1) is 18.9. The van der Waals surface area contributed by atoms with Crippen molar-refractivity contribution in [2.75, 3.05) is 12.4 Å². The van der Waals surface area contributed by atoms with Crippen LogP contribution < -0.4 is 10.1 Å². The van der Waals surface area contributed by atoms with Gasteiger partial charge in [0.25, 0.3) is 5.91 Å². The van der Waals surface area contributed by atoms with E-state index in [4.69, 9.17) is 9.47 Å². The summed E-state index contributed by atoms with van der Waals surface area (Å²) in [5.41, 5.74) is 0.611. The third-order valence-electron chi connectivity index (χ3n) is 3.41. The van der Waals surface area contributed by atoms with Gasteiger partial charge in [0.15, 0.2) is 6.10 Å². The van der Waals surface area contributed by atoms with Crippen LogP contribution in [0.15, 0.2) is 59.5 Å². The van der Waals surface area contributed by atoms with Crippen molar-refractivity contribution in [3.05, 3.63) is 54.6 Å². The van der Waals surface area contributed by atoms with E-state index < -0.39 is 17.3 Å². The second kappa shape index (κ2) is 9.13. The number of methoxy groups -OCH3 is 1. The largest absolute Gasteiger partial charge is 0.497 e. The predicted molar refractivity (Wildman–Crippen MR) is 98.9 cm³/mol. The molecule has 0 heterocycles. The number of hydrogen-bond donors (Lipinski definition) is 1. The third-order valence-corrected chi connectivity index (χ3v) is 4.50. The van der Waals surface area contributed by atoms with Crippen LogP contribution in [0.4, 0.5) is 5.69 Å². The minimum absolute atomic E-state index is 0.379. The van der Waals surface area contributed by atoms with Gasteiger partial charge in [-0.05, 0) is 50.2 Å². The maximum atomic E-state index is 12.2. The molecule has 0 saturated heterocycles. The maximum Gasteiger partial charge on any atom is 0.319 e. The van der Waals surface area contributed by atoms with Crippen molar-refractivity contribution < 1.29 is 19.1 Å². The number of carbonyl (C=O) groups is 2. The summed E-state index contributed by atoms with van der Waals surface area (Å²) in [5, 5.41) is 2.30. The second-order valence-electron chi connectivity index (χ2n) is 5.37. The van der Waals surface area contributed by atoms with Crippen molar-refractivity contribution in [3.63, 3.8) is 0 Å². The molecule has 2 aromatic carbocycles. The molecule has 132 valence electrons. The van der Waals surface area contributed by atoms with Crippen molar-refractivity contribution in [1.29, 1.82) is 0 Å². The molecule has 0 aliphatic rings. The fourth-order valence-electron chi connectivity index (χ4n) is 1.99. The first-order valence-electron chi connectivity index (χ1n) is 7.86. The number of amides is 1. The van der Waals surface area contributed by atoms with Crippen molar-refractivity contribution in [2.45, 2.75) is 30.1 Å². The molecule has 25 heavy (non-hydrogen) atoms. The van der Waals surface area contributed by atoms with E-state index in [0.717, 1.165) is 4.90 Å². The predicted octanol–water partition coefficient (Wildman–Crippen LogP) is 3.75. The van der Waals surface area contributed by atoms with E-state index in [1.165, 1.54) is 11.8 Å². The Bertz CT molecular complexity index is 703. The Morgan fingerprint density at radius 3 is 2.24 bits per heavy atom. The Hall–Kier alpha value is -2.47. The maximum absolute atomic E-state index is 12.2. The molecule has 5 nitrogen and oxygen atoms in total. The van der Waals surface area contributed by atoms with Gasteiger partial charge in [0, 0.05) is 10.6 Å². The number of rotatable bonds is 7. The molecule has 0 saturated carbocycles. The molecule has 2 rings (SSSR count). The van der Waals surface area contributed by atoms with E-state index in [9.17, 15) is 9.59 Å². The zero-order valence-corrected chi connectivity index (χ0v) is 15.2. The van der Waals surface area contributed by atoms with Gasteiger partial charge in [0.2, 0.25) is 0 Å². The van der Waals surface area contributed by atoms with Gasteiger partial charge in [-0.25, -0.2) is 0 Å². The lowest BCUT2D eigenvalue weighted by Gasteiger charge is -2.16. The SMILES string of the molecule is COc1ccc(NC(=O)[C@H](C)OC(=O)[C@@H](C)Sc2ccccc2)cc1. The average Bonchev–Trinajstić information content (AvgIpc) is 2.63. The number of esters is 1. The van der Waals surface area contributed by atoms with Crippen LogP contribution in [0.5, 0.6) is 5.75 Å². The fraction of sp³-hybridized carbons (Fsp3) is 0.263. The van der Waals surface area contributed by atoms with E-state index in [1.807, 2.05) is 30.3 Å². The number of nitrogens with one attached hydrogen (secondary N) is 1. The Labute approximate surface area is 151 Å². The summed E-state index contributed by atoms with van der Waals surface area (Å²) >= 11 is 1.39. The highest BCUT2D eigenvalue weighted by Gasteiger charge is 2.22. The van der Waals surface area contributed by atoms with Gasteiger partial charge in [-0.2, -0.15) is 0 Å². The van der Waals surface area contributed by atoms with Crippen LogP contribution in [0, 0.1) is 0 Å². The Kier molecular flexibility index (Phi) is 6.89. The molecular formula is C19H21NO4S. The van der Waals surface area contributed by atoms with Gasteiger partial charge in [0.1, 0.15) is 11.0 Å². The summed E-state index contributed by atoms with van der Waals surface area (Å²) in [7, 11) is 1.57. The lowest BCUT2D eigenvalue weighted by Crippen LogP contribution is -2.32. The molecule has 6 heteroatoms. The number of thioether (sulfide) groups is 1. The van der Waals surface area contributed by atoms with Crippen molar-refractivity contribution in [1.82, 2.24) is 0 Å². The van der Waals surface area contributed by atoms with Gasteiger partial charge in [-0.15, -0.1) is 11.8 Å². The Morgan fingerprint density at radius 1 is 1.00 bits per heavy atom. The van der Waals surface area contributed by atoms with Gasteiger partial charge >= 0.3 is 5.97 Å². The molecule has 0 bridgehead atoms. The standard InChI is InChI=1S/C19H21NO4S/c1-13(18(21)20-15-9-11-16(23-3)12-10-15)24-19(22)14(2)25-17-7-5-4-6-8-17/h4-14H,1-3H3,(H,20,21)/t13-,14+/m0/s1. The first-order chi connectivity index (χ1) is 12.0.